The zero-order valence-corrected chi connectivity index (χ0v) is 17.8. The Morgan fingerprint density at radius 3 is 2.31 bits per heavy atom. The number of Topliss-reactive ketones (excluding diaryl/α,β-unsaturated/α-hetero) is 1. The standard InChI is InChI=1S/C26H23FN2O3/c1-2-24(30)20-13-12-19(16-22(20)27)17-29-23-11-7-6-10-21(23)25(31)28(26(29)32)15-14-18-8-4-3-5-9-18/h3-13,16H,2,14-15,17H2,1H3. The van der Waals surface area contributed by atoms with Crippen LogP contribution in [0.3, 0.4) is 0 Å². The van der Waals surface area contributed by atoms with Crippen LogP contribution in [-0.2, 0) is 19.5 Å². The van der Waals surface area contributed by atoms with Crippen molar-refractivity contribution in [2.24, 2.45) is 0 Å². The first-order chi connectivity index (χ1) is 15.5. The van der Waals surface area contributed by atoms with E-state index in [2.05, 4.69) is 0 Å². The summed E-state index contributed by atoms with van der Waals surface area (Å²) in [5.74, 6) is -0.879. The molecule has 0 aliphatic heterocycles. The summed E-state index contributed by atoms with van der Waals surface area (Å²) in [6, 6.07) is 20.9. The van der Waals surface area contributed by atoms with Crippen molar-refractivity contribution in [2.75, 3.05) is 0 Å². The lowest BCUT2D eigenvalue weighted by Gasteiger charge is -2.15. The number of aryl methyl sites for hydroxylation is 1. The minimum Gasteiger partial charge on any atom is -0.294 e. The topological polar surface area (TPSA) is 61.1 Å². The van der Waals surface area contributed by atoms with E-state index in [1.165, 1.54) is 21.3 Å². The monoisotopic (exact) mass is 430 g/mol. The zero-order valence-electron chi connectivity index (χ0n) is 17.8. The second-order valence-electron chi connectivity index (χ2n) is 7.67. The first-order valence-corrected chi connectivity index (χ1v) is 10.6. The molecule has 162 valence electrons. The highest BCUT2D eigenvalue weighted by atomic mass is 19.1. The SMILES string of the molecule is CCC(=O)c1ccc(Cn2c(=O)n(CCc3ccccc3)c(=O)c3ccccc32)cc1F. The van der Waals surface area contributed by atoms with Gasteiger partial charge in [0.15, 0.2) is 5.78 Å². The molecule has 1 heterocycles. The number of aromatic nitrogens is 2. The third kappa shape index (κ3) is 4.17. The van der Waals surface area contributed by atoms with Crippen molar-refractivity contribution in [3.05, 3.63) is 116 Å². The molecule has 0 unspecified atom stereocenters. The predicted octanol–water partition coefficient (Wildman–Crippen LogP) is 4.19. The normalized spacial score (nSPS) is 11.1. The lowest BCUT2D eigenvalue weighted by Crippen LogP contribution is -2.40. The molecule has 0 radical (unpaired) electrons. The van der Waals surface area contributed by atoms with E-state index in [1.54, 1.807) is 37.3 Å². The van der Waals surface area contributed by atoms with Crippen molar-refractivity contribution in [1.29, 1.82) is 0 Å². The number of benzene rings is 3. The first kappa shape index (κ1) is 21.4. The van der Waals surface area contributed by atoms with Gasteiger partial charge in [-0.25, -0.2) is 9.18 Å². The molecule has 0 aliphatic rings. The number of ketones is 1. The zero-order chi connectivity index (χ0) is 22.7. The minimum atomic E-state index is -0.607. The molecule has 0 fully saturated rings. The maximum absolute atomic E-state index is 14.5. The Morgan fingerprint density at radius 1 is 0.875 bits per heavy atom. The van der Waals surface area contributed by atoms with Gasteiger partial charge < -0.3 is 0 Å². The number of carbonyl (C=O) groups is 1. The number of hydrogen-bond donors (Lipinski definition) is 0. The fourth-order valence-electron chi connectivity index (χ4n) is 3.86. The molecule has 4 rings (SSSR count). The molecule has 0 atom stereocenters. The van der Waals surface area contributed by atoms with Crippen molar-refractivity contribution in [3.63, 3.8) is 0 Å². The van der Waals surface area contributed by atoms with E-state index in [0.717, 1.165) is 5.56 Å². The van der Waals surface area contributed by atoms with Crippen LogP contribution in [0.15, 0.2) is 82.4 Å². The van der Waals surface area contributed by atoms with Gasteiger partial charge in [-0.2, -0.15) is 0 Å². The fraction of sp³-hybridized carbons (Fsp3) is 0.192. The van der Waals surface area contributed by atoms with Crippen LogP contribution in [-0.4, -0.2) is 14.9 Å². The maximum atomic E-state index is 14.5. The summed E-state index contributed by atoms with van der Waals surface area (Å²) in [5.41, 5.74) is 1.31. The Hall–Kier alpha value is -3.80. The molecule has 0 N–H and O–H groups in total. The van der Waals surface area contributed by atoms with Gasteiger partial charge in [-0.15, -0.1) is 0 Å². The quantitative estimate of drug-likeness (QED) is 0.413. The molecular weight excluding hydrogens is 407 g/mol. The molecule has 4 aromatic rings. The molecule has 0 amide bonds. The van der Waals surface area contributed by atoms with Gasteiger partial charge in [-0.1, -0.05) is 55.5 Å². The van der Waals surface area contributed by atoms with Gasteiger partial charge in [-0.3, -0.25) is 18.7 Å². The average Bonchev–Trinajstić information content (AvgIpc) is 2.82. The van der Waals surface area contributed by atoms with Gasteiger partial charge in [0.1, 0.15) is 5.82 Å². The summed E-state index contributed by atoms with van der Waals surface area (Å²) in [7, 11) is 0. The summed E-state index contributed by atoms with van der Waals surface area (Å²) < 4.78 is 17.2. The second-order valence-corrected chi connectivity index (χ2v) is 7.67. The maximum Gasteiger partial charge on any atom is 0.331 e. The van der Waals surface area contributed by atoms with Crippen molar-refractivity contribution < 1.29 is 9.18 Å². The first-order valence-electron chi connectivity index (χ1n) is 10.6. The second kappa shape index (κ2) is 9.14. The molecule has 32 heavy (non-hydrogen) atoms. The molecular formula is C26H23FN2O3. The van der Waals surface area contributed by atoms with E-state index in [9.17, 15) is 18.8 Å². The van der Waals surface area contributed by atoms with Crippen molar-refractivity contribution in [1.82, 2.24) is 9.13 Å². The van der Waals surface area contributed by atoms with Gasteiger partial charge in [0.25, 0.3) is 5.56 Å². The summed E-state index contributed by atoms with van der Waals surface area (Å²) in [6.07, 6.45) is 0.753. The molecule has 0 spiro atoms. The number of halogens is 1. The molecule has 3 aromatic carbocycles. The number of carbonyl (C=O) groups excluding carboxylic acids is 1. The van der Waals surface area contributed by atoms with Gasteiger partial charge >= 0.3 is 5.69 Å². The summed E-state index contributed by atoms with van der Waals surface area (Å²) in [5, 5.41) is 0.429. The van der Waals surface area contributed by atoms with E-state index in [-0.39, 0.29) is 36.4 Å². The molecule has 0 saturated carbocycles. The van der Waals surface area contributed by atoms with Gasteiger partial charge in [0, 0.05) is 13.0 Å². The molecule has 0 aliphatic carbocycles. The van der Waals surface area contributed by atoms with Crippen molar-refractivity contribution in [2.45, 2.75) is 32.9 Å². The molecule has 6 heteroatoms. The highest BCUT2D eigenvalue weighted by Gasteiger charge is 2.15. The van der Waals surface area contributed by atoms with Crippen LogP contribution in [0, 0.1) is 5.82 Å². The largest absolute Gasteiger partial charge is 0.331 e. The third-order valence-electron chi connectivity index (χ3n) is 5.59. The van der Waals surface area contributed by atoms with E-state index in [0.29, 0.717) is 22.9 Å². The highest BCUT2D eigenvalue weighted by Crippen LogP contribution is 2.15. The highest BCUT2D eigenvalue weighted by molar-refractivity contribution is 5.96. The number of rotatable bonds is 7. The Balaban J connectivity index is 1.77. The smallest absolute Gasteiger partial charge is 0.294 e. The van der Waals surface area contributed by atoms with Crippen LogP contribution in [0.25, 0.3) is 10.9 Å². The van der Waals surface area contributed by atoms with Gasteiger partial charge in [0.05, 0.1) is 23.0 Å². The average molecular weight is 430 g/mol. The molecule has 1 aromatic heterocycles. The predicted molar refractivity (Wildman–Crippen MR) is 123 cm³/mol. The molecule has 5 nitrogen and oxygen atoms in total. The Labute approximate surface area is 184 Å². The third-order valence-corrected chi connectivity index (χ3v) is 5.59. The van der Waals surface area contributed by atoms with Crippen molar-refractivity contribution >= 4 is 16.7 Å². The fourth-order valence-corrected chi connectivity index (χ4v) is 3.86. The van der Waals surface area contributed by atoms with Crippen LogP contribution in [0.4, 0.5) is 4.39 Å². The Kier molecular flexibility index (Phi) is 6.12. The lowest BCUT2D eigenvalue weighted by atomic mass is 10.1. The lowest BCUT2D eigenvalue weighted by molar-refractivity contribution is 0.0984. The number of fused-ring (bicyclic) bond motifs is 1. The van der Waals surface area contributed by atoms with E-state index < -0.39 is 11.5 Å². The Bertz CT molecular complexity index is 1400. The molecule has 0 saturated heterocycles. The van der Waals surface area contributed by atoms with Crippen LogP contribution in [0.1, 0.15) is 34.8 Å². The van der Waals surface area contributed by atoms with Crippen LogP contribution >= 0.6 is 0 Å². The van der Waals surface area contributed by atoms with Crippen LogP contribution in [0.2, 0.25) is 0 Å². The number of hydrogen-bond acceptors (Lipinski definition) is 3. The minimum absolute atomic E-state index is 0.0429. The summed E-state index contributed by atoms with van der Waals surface area (Å²) in [4.78, 5) is 38.2. The van der Waals surface area contributed by atoms with Crippen molar-refractivity contribution in [3.8, 4) is 0 Å². The number of nitrogens with zero attached hydrogens (tertiary/aromatic N) is 2. The van der Waals surface area contributed by atoms with E-state index in [4.69, 9.17) is 0 Å². The van der Waals surface area contributed by atoms with E-state index >= 15 is 0 Å². The summed E-state index contributed by atoms with van der Waals surface area (Å²) >= 11 is 0. The van der Waals surface area contributed by atoms with E-state index in [1.807, 2.05) is 30.3 Å². The summed E-state index contributed by atoms with van der Waals surface area (Å²) in [6.45, 7) is 2.01. The molecule has 0 bridgehead atoms. The van der Waals surface area contributed by atoms with Crippen LogP contribution in [0.5, 0.6) is 0 Å². The van der Waals surface area contributed by atoms with Gasteiger partial charge in [0.2, 0.25) is 0 Å². The Morgan fingerprint density at radius 2 is 1.59 bits per heavy atom. The van der Waals surface area contributed by atoms with Crippen LogP contribution < -0.4 is 11.2 Å². The number of para-hydroxylation sites is 1. The van der Waals surface area contributed by atoms with Gasteiger partial charge in [-0.05, 0) is 41.8 Å².